The van der Waals surface area contributed by atoms with Crippen LogP contribution in [0.1, 0.15) is 25.7 Å². The summed E-state index contributed by atoms with van der Waals surface area (Å²) in [5.74, 6) is 0.991. The molecule has 5 nitrogen and oxygen atoms in total. The predicted octanol–water partition coefficient (Wildman–Crippen LogP) is 3.59. The number of carbonyl (C=O) groups excluding carboxylic acids is 1. The Morgan fingerprint density at radius 3 is 2.48 bits per heavy atom. The minimum absolute atomic E-state index is 0.0453. The van der Waals surface area contributed by atoms with Gasteiger partial charge in [-0.25, -0.2) is 0 Å². The number of halogens is 1. The number of fused-ring (bicyclic) bond motifs is 1. The van der Waals surface area contributed by atoms with Crippen LogP contribution in [0.5, 0.6) is 5.75 Å². The maximum absolute atomic E-state index is 12.4. The summed E-state index contributed by atoms with van der Waals surface area (Å²) in [6.07, 6.45) is 3.54. The molecular weight excluding hydrogens is 382 g/mol. The third-order valence-electron chi connectivity index (χ3n) is 4.70. The van der Waals surface area contributed by atoms with Crippen molar-refractivity contribution in [2.45, 2.75) is 25.7 Å². The van der Waals surface area contributed by atoms with Gasteiger partial charge in [-0.05, 0) is 66.6 Å². The molecule has 132 valence electrons. The Hall–Kier alpha value is -2.08. The fourth-order valence-corrected chi connectivity index (χ4v) is 3.65. The van der Waals surface area contributed by atoms with Gasteiger partial charge in [-0.1, -0.05) is 28.1 Å². The predicted molar refractivity (Wildman–Crippen MR) is 103 cm³/mol. The number of hydrogen-bond acceptors (Lipinski definition) is 3. The van der Waals surface area contributed by atoms with Crippen LogP contribution < -0.4 is 16.2 Å². The molecule has 1 saturated carbocycles. The minimum atomic E-state index is -0.142. The molecule has 4 N–H and O–H groups in total. The molecular formula is C19H22BrN3O2. The van der Waals surface area contributed by atoms with E-state index in [2.05, 4.69) is 20.9 Å². The van der Waals surface area contributed by atoms with Crippen LogP contribution in [-0.2, 0) is 4.79 Å². The van der Waals surface area contributed by atoms with Crippen molar-refractivity contribution in [3.63, 3.8) is 0 Å². The Bertz CT molecular complexity index is 794. The summed E-state index contributed by atoms with van der Waals surface area (Å²) in [4.78, 5) is 16.5. The molecule has 2 aromatic carbocycles. The average Bonchev–Trinajstić information content (AvgIpc) is 2.60. The van der Waals surface area contributed by atoms with Crippen LogP contribution in [0.25, 0.3) is 10.8 Å². The van der Waals surface area contributed by atoms with Crippen molar-refractivity contribution in [2.24, 2.45) is 28.3 Å². The van der Waals surface area contributed by atoms with Crippen molar-refractivity contribution < 1.29 is 9.53 Å². The van der Waals surface area contributed by atoms with Gasteiger partial charge in [-0.3, -0.25) is 9.79 Å². The van der Waals surface area contributed by atoms with E-state index in [1.165, 1.54) is 0 Å². The zero-order valence-corrected chi connectivity index (χ0v) is 15.5. The largest absolute Gasteiger partial charge is 0.426 e. The summed E-state index contributed by atoms with van der Waals surface area (Å²) >= 11 is 3.46. The lowest BCUT2D eigenvalue weighted by Gasteiger charge is -2.26. The standard InChI is InChI=1S/C19H22BrN3O2/c20-16-7-5-15-10-17(8-6-14(15)9-16)25-18(24)13-3-1-12(2-4-13)11-23-19(21)22/h5-10,12-13H,1-4,11H2,(H4,21,22,23). The highest BCUT2D eigenvalue weighted by molar-refractivity contribution is 9.10. The Morgan fingerprint density at radius 2 is 1.76 bits per heavy atom. The van der Waals surface area contributed by atoms with Gasteiger partial charge in [0.2, 0.25) is 0 Å². The number of esters is 1. The highest BCUT2D eigenvalue weighted by Gasteiger charge is 2.27. The highest BCUT2D eigenvalue weighted by Crippen LogP contribution is 2.31. The van der Waals surface area contributed by atoms with Gasteiger partial charge < -0.3 is 16.2 Å². The van der Waals surface area contributed by atoms with Crippen LogP contribution >= 0.6 is 15.9 Å². The van der Waals surface area contributed by atoms with Crippen LogP contribution in [-0.4, -0.2) is 18.5 Å². The molecule has 0 spiro atoms. The summed E-state index contributed by atoms with van der Waals surface area (Å²) < 4.78 is 6.64. The van der Waals surface area contributed by atoms with Gasteiger partial charge in [0.25, 0.3) is 0 Å². The quantitative estimate of drug-likeness (QED) is 0.353. The van der Waals surface area contributed by atoms with Crippen molar-refractivity contribution in [1.82, 2.24) is 0 Å². The van der Waals surface area contributed by atoms with Gasteiger partial charge in [0, 0.05) is 11.0 Å². The van der Waals surface area contributed by atoms with Gasteiger partial charge in [-0.15, -0.1) is 0 Å². The van der Waals surface area contributed by atoms with E-state index in [0.717, 1.165) is 40.9 Å². The second-order valence-corrected chi connectivity index (χ2v) is 7.47. The first-order valence-corrected chi connectivity index (χ1v) is 9.27. The molecule has 0 bridgehead atoms. The average molecular weight is 404 g/mol. The summed E-state index contributed by atoms with van der Waals surface area (Å²) in [7, 11) is 0. The summed E-state index contributed by atoms with van der Waals surface area (Å²) in [5.41, 5.74) is 10.7. The topological polar surface area (TPSA) is 90.7 Å². The lowest BCUT2D eigenvalue weighted by Crippen LogP contribution is -2.28. The third-order valence-corrected chi connectivity index (χ3v) is 5.20. The first kappa shape index (κ1) is 17.7. The molecule has 0 aromatic heterocycles. The first-order valence-electron chi connectivity index (χ1n) is 8.47. The van der Waals surface area contributed by atoms with E-state index >= 15 is 0 Å². The fraction of sp³-hybridized carbons (Fsp3) is 0.368. The number of carbonyl (C=O) groups is 1. The van der Waals surface area contributed by atoms with Crippen LogP contribution in [0.2, 0.25) is 0 Å². The van der Waals surface area contributed by atoms with Crippen LogP contribution in [0.3, 0.4) is 0 Å². The molecule has 1 aliphatic carbocycles. The van der Waals surface area contributed by atoms with Crippen molar-refractivity contribution in [1.29, 1.82) is 0 Å². The molecule has 0 radical (unpaired) electrons. The number of hydrogen-bond donors (Lipinski definition) is 2. The fourth-order valence-electron chi connectivity index (χ4n) is 3.27. The second kappa shape index (κ2) is 7.87. The van der Waals surface area contributed by atoms with Gasteiger partial charge >= 0.3 is 5.97 Å². The number of nitrogens with zero attached hydrogens (tertiary/aromatic N) is 1. The van der Waals surface area contributed by atoms with Gasteiger partial charge in [0.1, 0.15) is 5.75 Å². The number of aliphatic imine (C=N–C) groups is 1. The van der Waals surface area contributed by atoms with Crippen molar-refractivity contribution in [2.75, 3.05) is 6.54 Å². The van der Waals surface area contributed by atoms with Crippen molar-refractivity contribution >= 4 is 38.6 Å². The molecule has 1 aliphatic rings. The smallest absolute Gasteiger partial charge is 0.314 e. The normalized spacial score (nSPS) is 20.2. The van der Waals surface area contributed by atoms with Crippen LogP contribution in [0.4, 0.5) is 0 Å². The van der Waals surface area contributed by atoms with Crippen molar-refractivity contribution in [3.05, 3.63) is 40.9 Å². The molecule has 6 heteroatoms. The second-order valence-electron chi connectivity index (χ2n) is 6.56. The van der Waals surface area contributed by atoms with Gasteiger partial charge in [-0.2, -0.15) is 0 Å². The monoisotopic (exact) mass is 403 g/mol. The zero-order valence-electron chi connectivity index (χ0n) is 14.0. The molecule has 0 aliphatic heterocycles. The molecule has 2 aromatic rings. The van der Waals surface area contributed by atoms with E-state index in [1.807, 2.05) is 36.4 Å². The maximum atomic E-state index is 12.4. The van der Waals surface area contributed by atoms with E-state index in [9.17, 15) is 4.79 Å². The minimum Gasteiger partial charge on any atom is -0.426 e. The molecule has 3 rings (SSSR count). The number of guanidine groups is 1. The maximum Gasteiger partial charge on any atom is 0.314 e. The molecule has 25 heavy (non-hydrogen) atoms. The number of ether oxygens (including phenoxy) is 1. The Kier molecular flexibility index (Phi) is 5.58. The molecule has 1 fully saturated rings. The summed E-state index contributed by atoms with van der Waals surface area (Å²) in [6, 6.07) is 11.7. The number of rotatable bonds is 4. The lowest BCUT2D eigenvalue weighted by atomic mass is 9.82. The third kappa shape index (κ3) is 4.72. The van der Waals surface area contributed by atoms with E-state index in [0.29, 0.717) is 18.2 Å². The van der Waals surface area contributed by atoms with E-state index in [-0.39, 0.29) is 17.8 Å². The van der Waals surface area contributed by atoms with E-state index < -0.39 is 0 Å². The Labute approximate surface area is 155 Å². The molecule has 0 saturated heterocycles. The molecule has 0 amide bonds. The summed E-state index contributed by atoms with van der Waals surface area (Å²) in [5, 5.41) is 2.16. The summed E-state index contributed by atoms with van der Waals surface area (Å²) in [6.45, 7) is 0.643. The van der Waals surface area contributed by atoms with Gasteiger partial charge in [0.05, 0.1) is 5.92 Å². The van der Waals surface area contributed by atoms with Crippen molar-refractivity contribution in [3.8, 4) is 5.75 Å². The molecule has 0 atom stereocenters. The zero-order chi connectivity index (χ0) is 17.8. The highest BCUT2D eigenvalue weighted by atomic mass is 79.9. The van der Waals surface area contributed by atoms with E-state index in [1.54, 1.807) is 0 Å². The number of benzene rings is 2. The Balaban J connectivity index is 1.58. The SMILES string of the molecule is NC(N)=NCC1CCC(C(=O)Oc2ccc3cc(Br)ccc3c2)CC1. The first-order chi connectivity index (χ1) is 12.0. The lowest BCUT2D eigenvalue weighted by molar-refractivity contribution is -0.140. The van der Waals surface area contributed by atoms with Crippen LogP contribution in [0.15, 0.2) is 45.9 Å². The van der Waals surface area contributed by atoms with E-state index in [4.69, 9.17) is 16.2 Å². The molecule has 0 unspecified atom stereocenters. The van der Waals surface area contributed by atoms with Crippen LogP contribution in [0, 0.1) is 11.8 Å². The van der Waals surface area contributed by atoms with Gasteiger partial charge in [0.15, 0.2) is 5.96 Å². The molecule has 0 heterocycles. The number of nitrogens with two attached hydrogens (primary N) is 2. The Morgan fingerprint density at radius 1 is 1.08 bits per heavy atom.